The van der Waals surface area contributed by atoms with Crippen LogP contribution in [0.2, 0.25) is 0 Å². The van der Waals surface area contributed by atoms with Crippen LogP contribution in [0.4, 0.5) is 0 Å². The lowest BCUT2D eigenvalue weighted by atomic mass is 9.97. The van der Waals surface area contributed by atoms with Crippen LogP contribution in [0.1, 0.15) is 26.2 Å². The average molecular weight is 200 g/mol. The first-order chi connectivity index (χ1) is 6.81. The highest BCUT2D eigenvalue weighted by molar-refractivity contribution is 4.78. The maximum atomic E-state index is 5.76. The van der Waals surface area contributed by atoms with Gasteiger partial charge in [0.25, 0.3) is 0 Å². The van der Waals surface area contributed by atoms with Crippen LogP contribution in [0.5, 0.6) is 0 Å². The van der Waals surface area contributed by atoms with Gasteiger partial charge in [0.05, 0.1) is 6.61 Å². The maximum absolute atomic E-state index is 5.76. The largest absolute Gasteiger partial charge is 0.384 e. The van der Waals surface area contributed by atoms with Crippen LogP contribution in [-0.2, 0) is 4.74 Å². The minimum Gasteiger partial charge on any atom is -0.384 e. The third kappa shape index (κ3) is 3.23. The summed E-state index contributed by atoms with van der Waals surface area (Å²) >= 11 is 0. The Bertz CT molecular complexity index is 146. The molecule has 0 aromatic rings. The maximum Gasteiger partial charge on any atom is 0.0502 e. The van der Waals surface area contributed by atoms with Crippen molar-refractivity contribution in [1.82, 2.24) is 4.90 Å². The molecule has 0 aromatic heterocycles. The van der Waals surface area contributed by atoms with Gasteiger partial charge >= 0.3 is 0 Å². The van der Waals surface area contributed by atoms with Gasteiger partial charge in [-0.2, -0.15) is 0 Å². The standard InChI is InChI=1S/C11H24N2O/c1-3-11(7-12)13-6-4-5-10(8-13)9-14-2/h10-11H,3-9,12H2,1-2H3. The molecule has 2 atom stereocenters. The molecule has 1 rings (SSSR count). The summed E-state index contributed by atoms with van der Waals surface area (Å²) in [6.07, 6.45) is 3.77. The fourth-order valence-electron chi connectivity index (χ4n) is 2.37. The molecular formula is C11H24N2O. The Labute approximate surface area is 87.6 Å². The number of likely N-dealkylation sites (tertiary alicyclic amines) is 1. The lowest BCUT2D eigenvalue weighted by Gasteiger charge is -2.37. The molecule has 1 aliphatic heterocycles. The number of hydrogen-bond donors (Lipinski definition) is 1. The fraction of sp³-hybridized carbons (Fsp3) is 1.00. The summed E-state index contributed by atoms with van der Waals surface area (Å²) < 4.78 is 5.22. The van der Waals surface area contributed by atoms with Gasteiger partial charge < -0.3 is 10.5 Å². The van der Waals surface area contributed by atoms with Gasteiger partial charge in [-0.25, -0.2) is 0 Å². The van der Waals surface area contributed by atoms with Gasteiger partial charge in [-0.15, -0.1) is 0 Å². The van der Waals surface area contributed by atoms with Crippen LogP contribution in [0.25, 0.3) is 0 Å². The van der Waals surface area contributed by atoms with Gasteiger partial charge in [0.2, 0.25) is 0 Å². The second kappa shape index (κ2) is 6.38. The summed E-state index contributed by atoms with van der Waals surface area (Å²) in [5.41, 5.74) is 5.76. The molecule has 0 amide bonds. The molecule has 0 bridgehead atoms. The summed E-state index contributed by atoms with van der Waals surface area (Å²) in [7, 11) is 1.79. The Hall–Kier alpha value is -0.120. The molecular weight excluding hydrogens is 176 g/mol. The molecule has 84 valence electrons. The quantitative estimate of drug-likeness (QED) is 0.722. The normalized spacial score (nSPS) is 26.4. The highest BCUT2D eigenvalue weighted by Crippen LogP contribution is 2.19. The van der Waals surface area contributed by atoms with E-state index in [2.05, 4.69) is 11.8 Å². The number of ether oxygens (including phenoxy) is 1. The van der Waals surface area contributed by atoms with E-state index in [-0.39, 0.29) is 0 Å². The van der Waals surface area contributed by atoms with E-state index in [1.807, 2.05) is 0 Å². The second-order valence-electron chi connectivity index (χ2n) is 4.26. The third-order valence-electron chi connectivity index (χ3n) is 3.21. The van der Waals surface area contributed by atoms with Gasteiger partial charge in [0.1, 0.15) is 0 Å². The zero-order valence-electron chi connectivity index (χ0n) is 9.54. The molecule has 14 heavy (non-hydrogen) atoms. The summed E-state index contributed by atoms with van der Waals surface area (Å²) in [6, 6.07) is 0.578. The van der Waals surface area contributed by atoms with Crippen LogP contribution < -0.4 is 5.73 Å². The zero-order valence-corrected chi connectivity index (χ0v) is 9.54. The van der Waals surface area contributed by atoms with Gasteiger partial charge in [0, 0.05) is 26.2 Å². The molecule has 1 aliphatic rings. The smallest absolute Gasteiger partial charge is 0.0502 e. The first kappa shape index (κ1) is 12.0. The van der Waals surface area contributed by atoms with Crippen molar-refractivity contribution in [3.05, 3.63) is 0 Å². The number of hydrogen-bond acceptors (Lipinski definition) is 3. The Balaban J connectivity index is 2.38. The number of methoxy groups -OCH3 is 1. The first-order valence-electron chi connectivity index (χ1n) is 5.74. The number of nitrogens with two attached hydrogens (primary N) is 1. The van der Waals surface area contributed by atoms with E-state index >= 15 is 0 Å². The predicted molar refractivity (Wildman–Crippen MR) is 59.3 cm³/mol. The first-order valence-corrected chi connectivity index (χ1v) is 5.74. The Morgan fingerprint density at radius 2 is 2.36 bits per heavy atom. The number of piperidine rings is 1. The minimum atomic E-state index is 0.578. The van der Waals surface area contributed by atoms with Gasteiger partial charge in [-0.05, 0) is 31.7 Å². The molecule has 1 saturated heterocycles. The lowest BCUT2D eigenvalue weighted by Crippen LogP contribution is -2.46. The van der Waals surface area contributed by atoms with Crippen molar-refractivity contribution in [3.8, 4) is 0 Å². The molecule has 1 heterocycles. The van der Waals surface area contributed by atoms with Gasteiger partial charge in [0.15, 0.2) is 0 Å². The highest BCUT2D eigenvalue weighted by atomic mass is 16.5. The Morgan fingerprint density at radius 1 is 1.57 bits per heavy atom. The van der Waals surface area contributed by atoms with Crippen molar-refractivity contribution in [3.63, 3.8) is 0 Å². The van der Waals surface area contributed by atoms with Crippen molar-refractivity contribution in [2.24, 2.45) is 11.7 Å². The fourth-order valence-corrected chi connectivity index (χ4v) is 2.37. The van der Waals surface area contributed by atoms with Crippen LogP contribution in [0.3, 0.4) is 0 Å². The molecule has 3 nitrogen and oxygen atoms in total. The predicted octanol–water partition coefficient (Wildman–Crippen LogP) is 1.08. The van der Waals surface area contributed by atoms with Crippen molar-refractivity contribution < 1.29 is 4.74 Å². The molecule has 0 radical (unpaired) electrons. The molecule has 3 heteroatoms. The lowest BCUT2D eigenvalue weighted by molar-refractivity contribution is 0.0689. The van der Waals surface area contributed by atoms with E-state index in [1.54, 1.807) is 7.11 Å². The van der Waals surface area contributed by atoms with E-state index in [0.717, 1.165) is 19.6 Å². The molecule has 0 aromatic carbocycles. The zero-order chi connectivity index (χ0) is 10.4. The van der Waals surface area contributed by atoms with E-state index in [1.165, 1.54) is 25.9 Å². The Morgan fingerprint density at radius 3 is 2.93 bits per heavy atom. The molecule has 1 fully saturated rings. The average Bonchev–Trinajstić information content (AvgIpc) is 2.21. The van der Waals surface area contributed by atoms with Crippen molar-refractivity contribution in [2.45, 2.75) is 32.2 Å². The monoisotopic (exact) mass is 200 g/mol. The summed E-state index contributed by atoms with van der Waals surface area (Å²) in [6.45, 7) is 6.30. The number of nitrogens with zero attached hydrogens (tertiary/aromatic N) is 1. The van der Waals surface area contributed by atoms with E-state index < -0.39 is 0 Å². The summed E-state index contributed by atoms with van der Waals surface area (Å²) in [5, 5.41) is 0. The molecule has 0 saturated carbocycles. The van der Waals surface area contributed by atoms with E-state index in [4.69, 9.17) is 10.5 Å². The summed E-state index contributed by atoms with van der Waals surface area (Å²) in [4.78, 5) is 2.53. The van der Waals surface area contributed by atoms with Crippen LogP contribution in [0, 0.1) is 5.92 Å². The van der Waals surface area contributed by atoms with Crippen molar-refractivity contribution in [2.75, 3.05) is 33.4 Å². The summed E-state index contributed by atoms with van der Waals surface area (Å²) in [5.74, 6) is 0.717. The molecule has 2 unspecified atom stereocenters. The molecule has 2 N–H and O–H groups in total. The van der Waals surface area contributed by atoms with Gasteiger partial charge in [-0.3, -0.25) is 4.90 Å². The van der Waals surface area contributed by atoms with Crippen LogP contribution >= 0.6 is 0 Å². The third-order valence-corrected chi connectivity index (χ3v) is 3.21. The molecule has 0 spiro atoms. The van der Waals surface area contributed by atoms with E-state index in [9.17, 15) is 0 Å². The topological polar surface area (TPSA) is 38.5 Å². The van der Waals surface area contributed by atoms with Crippen molar-refractivity contribution >= 4 is 0 Å². The SMILES string of the molecule is CCC(CN)N1CCCC(COC)C1. The van der Waals surface area contributed by atoms with Gasteiger partial charge in [-0.1, -0.05) is 6.92 Å². The minimum absolute atomic E-state index is 0.578. The van der Waals surface area contributed by atoms with Crippen molar-refractivity contribution in [1.29, 1.82) is 0 Å². The van der Waals surface area contributed by atoms with E-state index in [0.29, 0.717) is 12.0 Å². The van der Waals surface area contributed by atoms with Crippen LogP contribution in [0.15, 0.2) is 0 Å². The number of rotatable bonds is 5. The van der Waals surface area contributed by atoms with Crippen LogP contribution in [-0.4, -0.2) is 44.3 Å². The Kier molecular flexibility index (Phi) is 5.45. The highest BCUT2D eigenvalue weighted by Gasteiger charge is 2.23. The second-order valence-corrected chi connectivity index (χ2v) is 4.26. The molecule has 0 aliphatic carbocycles.